The van der Waals surface area contributed by atoms with Crippen LogP contribution < -0.4 is 31.3 Å². The first-order chi connectivity index (χ1) is 16.7. The van der Waals surface area contributed by atoms with Crippen LogP contribution in [0.3, 0.4) is 0 Å². The number of nitrogens with two attached hydrogens (primary N) is 1. The van der Waals surface area contributed by atoms with Gasteiger partial charge in [-0.3, -0.25) is 4.79 Å². The molecule has 0 aliphatic carbocycles. The molecule has 5 N–H and O–H groups in total. The minimum atomic E-state index is -0.990. The van der Waals surface area contributed by atoms with Gasteiger partial charge < -0.3 is 31.3 Å². The molecule has 1 amide bonds. The second-order valence-corrected chi connectivity index (χ2v) is 9.28. The number of carbonyl (C=O) groups excluding carboxylic acids is 1. The lowest BCUT2D eigenvalue weighted by atomic mass is 10.1. The van der Waals surface area contributed by atoms with E-state index in [2.05, 4.69) is 16.0 Å². The molecule has 0 saturated heterocycles. The first-order valence-electron chi connectivity index (χ1n) is 11.1. The third-order valence-electron chi connectivity index (χ3n) is 5.62. The highest BCUT2D eigenvalue weighted by atomic mass is 35.5. The van der Waals surface area contributed by atoms with E-state index in [-0.39, 0.29) is 12.1 Å². The Morgan fingerprint density at radius 3 is 2.66 bits per heavy atom. The number of aliphatic imine (C=N–C) groups is 1. The van der Waals surface area contributed by atoms with Crippen LogP contribution in [0.1, 0.15) is 13.8 Å². The Balaban J connectivity index is 1.67. The quantitative estimate of drug-likeness (QED) is 0.383. The molecule has 35 heavy (non-hydrogen) atoms. The maximum Gasteiger partial charge on any atom is 0.243 e. The number of anilines is 4. The van der Waals surface area contributed by atoms with E-state index >= 15 is 0 Å². The van der Waals surface area contributed by atoms with Crippen molar-refractivity contribution in [3.8, 4) is 5.75 Å². The molecule has 182 valence electrons. The number of hydrogen-bond donors (Lipinski definition) is 4. The van der Waals surface area contributed by atoms with Crippen molar-refractivity contribution < 1.29 is 9.53 Å². The van der Waals surface area contributed by atoms with Crippen molar-refractivity contribution in [3.63, 3.8) is 0 Å². The molecule has 0 aromatic heterocycles. The van der Waals surface area contributed by atoms with E-state index in [4.69, 9.17) is 27.1 Å². The molecule has 8 nitrogen and oxygen atoms in total. The lowest BCUT2D eigenvalue weighted by molar-refractivity contribution is -0.120. The van der Waals surface area contributed by atoms with Crippen LogP contribution in [0.2, 0.25) is 5.02 Å². The number of ether oxygens (including phenoxy) is 1. The monoisotopic (exact) mass is 492 g/mol. The number of amides is 1. The summed E-state index contributed by atoms with van der Waals surface area (Å²) < 4.78 is 5.36. The van der Waals surface area contributed by atoms with Gasteiger partial charge in [0.15, 0.2) is 12.0 Å². The van der Waals surface area contributed by atoms with E-state index in [0.29, 0.717) is 28.0 Å². The lowest BCUT2D eigenvalue weighted by Crippen LogP contribution is -2.49. The Kier molecular flexibility index (Phi) is 6.86. The van der Waals surface area contributed by atoms with Gasteiger partial charge in [-0.15, -0.1) is 0 Å². The summed E-state index contributed by atoms with van der Waals surface area (Å²) in [6.07, 6.45) is -0.357. The highest BCUT2D eigenvalue weighted by Crippen LogP contribution is 2.34. The molecule has 1 heterocycles. The van der Waals surface area contributed by atoms with Crippen LogP contribution in [0.25, 0.3) is 0 Å². The van der Waals surface area contributed by atoms with Crippen molar-refractivity contribution in [1.29, 1.82) is 0 Å². The lowest BCUT2D eigenvalue weighted by Gasteiger charge is -2.36. The van der Waals surface area contributed by atoms with Gasteiger partial charge in [0.2, 0.25) is 5.91 Å². The molecule has 4 rings (SSSR count). The number of amidine groups is 1. The number of nitrogens with one attached hydrogen (secondary N) is 3. The molecule has 1 atom stereocenters. The van der Waals surface area contributed by atoms with E-state index in [1.54, 1.807) is 33.1 Å². The fourth-order valence-electron chi connectivity index (χ4n) is 3.59. The van der Waals surface area contributed by atoms with Crippen LogP contribution in [-0.4, -0.2) is 37.6 Å². The highest BCUT2D eigenvalue weighted by molar-refractivity contribution is 6.34. The van der Waals surface area contributed by atoms with Gasteiger partial charge in [-0.05, 0) is 56.3 Å². The summed E-state index contributed by atoms with van der Waals surface area (Å²) >= 11 is 6.47. The van der Waals surface area contributed by atoms with Crippen molar-refractivity contribution in [2.45, 2.75) is 25.6 Å². The Morgan fingerprint density at radius 1 is 1.14 bits per heavy atom. The number of halogens is 1. The first kappa shape index (κ1) is 24.4. The number of hydrogen-bond acceptors (Lipinski definition) is 7. The number of nitrogens with zero attached hydrogens (tertiary/aromatic N) is 2. The summed E-state index contributed by atoms with van der Waals surface area (Å²) in [5, 5.41) is 10.4. The van der Waals surface area contributed by atoms with Crippen molar-refractivity contribution in [2.24, 2.45) is 10.7 Å². The number of benzene rings is 3. The molecule has 3 aromatic carbocycles. The first-order valence-corrected chi connectivity index (χ1v) is 11.5. The van der Waals surface area contributed by atoms with Gasteiger partial charge >= 0.3 is 0 Å². The molecule has 3 aromatic rings. The predicted molar refractivity (Wildman–Crippen MR) is 144 cm³/mol. The molecule has 9 heteroatoms. The molecule has 0 spiro atoms. The molecule has 0 saturated carbocycles. The minimum absolute atomic E-state index is 0.265. The molecule has 1 aliphatic heterocycles. The van der Waals surface area contributed by atoms with E-state index in [1.165, 1.54) is 0 Å². The van der Waals surface area contributed by atoms with Gasteiger partial charge in [0.1, 0.15) is 5.75 Å². The topological polar surface area (TPSA) is 104 Å². The normalized spacial score (nSPS) is 14.8. The predicted octanol–water partition coefficient (Wildman–Crippen LogP) is 5.05. The number of carbonyl (C=O) groups is 1. The second-order valence-electron chi connectivity index (χ2n) is 8.87. The third kappa shape index (κ3) is 5.50. The maximum atomic E-state index is 12.4. The zero-order valence-corrected chi connectivity index (χ0v) is 20.9. The van der Waals surface area contributed by atoms with Crippen LogP contribution >= 0.6 is 11.6 Å². The summed E-state index contributed by atoms with van der Waals surface area (Å²) in [5.74, 6) is 1.07. The van der Waals surface area contributed by atoms with Gasteiger partial charge in [0, 0.05) is 24.5 Å². The van der Waals surface area contributed by atoms with E-state index < -0.39 is 5.54 Å². The Bertz CT molecular complexity index is 1270. The average Bonchev–Trinajstić information content (AvgIpc) is 2.84. The summed E-state index contributed by atoms with van der Waals surface area (Å²) in [5.41, 5.74) is 8.85. The van der Waals surface area contributed by atoms with Crippen LogP contribution in [-0.2, 0) is 4.79 Å². The second kappa shape index (κ2) is 9.85. The number of rotatable bonds is 6. The average molecular weight is 493 g/mol. The Labute approximate surface area is 210 Å². The fourth-order valence-corrected chi connectivity index (χ4v) is 3.75. The Hall–Kier alpha value is -3.75. The largest absolute Gasteiger partial charge is 0.497 e. The van der Waals surface area contributed by atoms with Crippen molar-refractivity contribution in [3.05, 3.63) is 71.8 Å². The van der Waals surface area contributed by atoms with Gasteiger partial charge in [-0.1, -0.05) is 29.8 Å². The SMILES string of the molecule is COc1ccc(Cl)c(NC2=Nc3ccccc3NC2N(C)c2cccc(NC(=O)C(C)(C)N)c2)c1. The number of methoxy groups -OCH3 is 1. The van der Waals surface area contributed by atoms with Crippen LogP contribution in [0.15, 0.2) is 71.7 Å². The third-order valence-corrected chi connectivity index (χ3v) is 5.95. The molecule has 0 fully saturated rings. The van der Waals surface area contributed by atoms with Gasteiger partial charge in [-0.25, -0.2) is 4.99 Å². The van der Waals surface area contributed by atoms with Crippen LogP contribution in [0.4, 0.5) is 28.4 Å². The van der Waals surface area contributed by atoms with Crippen molar-refractivity contribution >= 4 is 51.8 Å². The zero-order chi connectivity index (χ0) is 25.2. The summed E-state index contributed by atoms with van der Waals surface area (Å²) in [6.45, 7) is 3.33. The van der Waals surface area contributed by atoms with Crippen LogP contribution in [0.5, 0.6) is 5.75 Å². The smallest absolute Gasteiger partial charge is 0.243 e. The van der Waals surface area contributed by atoms with E-state index in [9.17, 15) is 4.79 Å². The number of para-hydroxylation sites is 2. The maximum absolute atomic E-state index is 12.4. The zero-order valence-electron chi connectivity index (χ0n) is 20.1. The molecule has 1 aliphatic rings. The summed E-state index contributed by atoms with van der Waals surface area (Å²) in [6, 6.07) is 20.8. The Morgan fingerprint density at radius 2 is 1.91 bits per heavy atom. The van der Waals surface area contributed by atoms with Crippen molar-refractivity contribution in [1.82, 2.24) is 0 Å². The van der Waals surface area contributed by atoms with Gasteiger partial charge in [0.25, 0.3) is 0 Å². The van der Waals surface area contributed by atoms with Crippen molar-refractivity contribution in [2.75, 3.05) is 35.0 Å². The standard InChI is InChI=1S/C26H29ClN6O2/c1-26(2,28)25(34)29-16-8-7-9-17(14-16)33(3)24-23(30-20-10-5-6-11-21(20)32-24)31-22-15-18(35-4)12-13-19(22)27/h5-15,24,32H,28H2,1-4H3,(H,29,34)(H,30,31). The fraction of sp³-hybridized carbons (Fsp3) is 0.231. The minimum Gasteiger partial charge on any atom is -0.497 e. The summed E-state index contributed by atoms with van der Waals surface area (Å²) in [7, 11) is 3.56. The molecular formula is C26H29ClN6O2. The molecular weight excluding hydrogens is 464 g/mol. The summed E-state index contributed by atoms with van der Waals surface area (Å²) in [4.78, 5) is 19.3. The number of fused-ring (bicyclic) bond motifs is 1. The van der Waals surface area contributed by atoms with Gasteiger partial charge in [0.05, 0.1) is 34.7 Å². The van der Waals surface area contributed by atoms with Gasteiger partial charge in [-0.2, -0.15) is 0 Å². The van der Waals surface area contributed by atoms with E-state index in [1.807, 2.05) is 66.5 Å². The number of likely N-dealkylation sites (N-methyl/N-ethyl adjacent to an activating group) is 1. The highest BCUT2D eigenvalue weighted by Gasteiger charge is 2.28. The van der Waals surface area contributed by atoms with E-state index in [0.717, 1.165) is 17.1 Å². The molecule has 1 unspecified atom stereocenters. The van der Waals surface area contributed by atoms with Crippen LogP contribution in [0, 0.1) is 0 Å². The molecule has 0 radical (unpaired) electrons. The molecule has 0 bridgehead atoms.